The normalized spacial score (nSPS) is 11.8. The number of fused-ring (bicyclic) bond motifs is 1. The molecule has 0 saturated heterocycles. The molecule has 0 unspecified atom stereocenters. The van der Waals surface area contributed by atoms with Crippen molar-refractivity contribution in [3.8, 4) is 11.4 Å². The van der Waals surface area contributed by atoms with Crippen LogP contribution in [0.4, 0.5) is 5.69 Å². The molecule has 4 rings (SSSR count). The second kappa shape index (κ2) is 6.49. The van der Waals surface area contributed by atoms with Crippen LogP contribution in [-0.4, -0.2) is 25.5 Å². The zero-order chi connectivity index (χ0) is 18.1. The second-order valence-electron chi connectivity index (χ2n) is 5.60. The Labute approximate surface area is 151 Å². The molecule has 26 heavy (non-hydrogen) atoms. The van der Waals surface area contributed by atoms with E-state index in [0.717, 1.165) is 11.1 Å². The number of carbonyl (C=O) groups excluding carboxylic acids is 1. The zero-order valence-electron chi connectivity index (χ0n) is 13.7. The Balaban J connectivity index is 1.77. The van der Waals surface area contributed by atoms with Gasteiger partial charge in [-0.25, -0.2) is 4.40 Å². The Morgan fingerprint density at radius 3 is 2.69 bits per heavy atom. The summed E-state index contributed by atoms with van der Waals surface area (Å²) < 4.78 is 2.06. The average molecular weight is 363 g/mol. The van der Waals surface area contributed by atoms with Crippen molar-refractivity contribution in [3.63, 3.8) is 0 Å². The molecule has 3 aromatic heterocycles. The molecule has 0 aliphatic rings. The molecule has 0 saturated carbocycles. The molecular weight excluding hydrogens is 350 g/mol. The van der Waals surface area contributed by atoms with Gasteiger partial charge in [-0.1, -0.05) is 23.5 Å². The fourth-order valence-electron chi connectivity index (χ4n) is 2.56. The molecule has 1 aromatic carbocycles. The van der Waals surface area contributed by atoms with E-state index in [1.165, 1.54) is 22.7 Å². The van der Waals surface area contributed by atoms with Gasteiger partial charge in [0, 0.05) is 30.6 Å². The number of hydrogen-bond acceptors (Lipinski definition) is 6. The standard InChI is InChI=1S/C18H13N5O2S/c1-11(24)20-14-6-4-12(5-7-14)9-15-17(25)23-16(21-22-18(23)26-15)13-3-2-8-19-10-13/h2-10H,1H3,(H,20,24)/b15-9+. The average Bonchev–Trinajstić information content (AvgIpc) is 3.18. The number of rotatable bonds is 3. The van der Waals surface area contributed by atoms with Crippen LogP contribution < -0.4 is 15.4 Å². The van der Waals surface area contributed by atoms with Crippen molar-refractivity contribution in [2.45, 2.75) is 6.92 Å². The van der Waals surface area contributed by atoms with E-state index in [2.05, 4.69) is 20.5 Å². The van der Waals surface area contributed by atoms with Crippen molar-refractivity contribution in [1.82, 2.24) is 19.6 Å². The van der Waals surface area contributed by atoms with E-state index in [0.29, 0.717) is 21.0 Å². The van der Waals surface area contributed by atoms with Gasteiger partial charge in [0.25, 0.3) is 5.56 Å². The van der Waals surface area contributed by atoms with Gasteiger partial charge in [-0.3, -0.25) is 14.6 Å². The number of aromatic nitrogens is 4. The first-order valence-corrected chi connectivity index (χ1v) is 8.61. The molecule has 0 aliphatic heterocycles. The smallest absolute Gasteiger partial charge is 0.276 e. The Kier molecular flexibility index (Phi) is 4.02. The van der Waals surface area contributed by atoms with E-state index in [-0.39, 0.29) is 11.5 Å². The van der Waals surface area contributed by atoms with Gasteiger partial charge in [0.1, 0.15) is 0 Å². The summed E-state index contributed by atoms with van der Waals surface area (Å²) in [7, 11) is 0. The summed E-state index contributed by atoms with van der Waals surface area (Å²) in [5.41, 5.74) is 2.14. The van der Waals surface area contributed by atoms with Gasteiger partial charge in [-0.15, -0.1) is 10.2 Å². The van der Waals surface area contributed by atoms with E-state index in [4.69, 9.17) is 0 Å². The minimum Gasteiger partial charge on any atom is -0.326 e. The Morgan fingerprint density at radius 1 is 1.19 bits per heavy atom. The van der Waals surface area contributed by atoms with Gasteiger partial charge in [0.2, 0.25) is 10.9 Å². The third-order valence-corrected chi connectivity index (χ3v) is 4.66. The molecule has 1 amide bonds. The topological polar surface area (TPSA) is 89.2 Å². The highest BCUT2D eigenvalue weighted by Gasteiger charge is 2.14. The first-order valence-electron chi connectivity index (χ1n) is 7.79. The van der Waals surface area contributed by atoms with Crippen LogP contribution in [0, 0.1) is 0 Å². The molecule has 0 aliphatic carbocycles. The van der Waals surface area contributed by atoms with E-state index in [1.54, 1.807) is 36.7 Å². The third-order valence-electron chi connectivity index (χ3n) is 3.70. The lowest BCUT2D eigenvalue weighted by molar-refractivity contribution is -0.114. The number of hydrogen-bond donors (Lipinski definition) is 1. The van der Waals surface area contributed by atoms with E-state index >= 15 is 0 Å². The summed E-state index contributed by atoms with van der Waals surface area (Å²) in [6, 6.07) is 10.9. The highest BCUT2D eigenvalue weighted by atomic mass is 32.1. The van der Waals surface area contributed by atoms with Crippen LogP contribution >= 0.6 is 11.3 Å². The maximum atomic E-state index is 12.8. The van der Waals surface area contributed by atoms with Crippen LogP contribution in [0.1, 0.15) is 12.5 Å². The number of benzene rings is 1. The van der Waals surface area contributed by atoms with Crippen LogP contribution in [0.2, 0.25) is 0 Å². The quantitative estimate of drug-likeness (QED) is 0.599. The third kappa shape index (κ3) is 2.98. The number of nitrogens with zero attached hydrogens (tertiary/aromatic N) is 4. The van der Waals surface area contributed by atoms with Gasteiger partial charge in [-0.05, 0) is 35.9 Å². The van der Waals surface area contributed by atoms with Crippen molar-refractivity contribution in [2.24, 2.45) is 0 Å². The summed E-state index contributed by atoms with van der Waals surface area (Å²) in [6.07, 6.45) is 5.11. The first kappa shape index (κ1) is 16.1. The molecule has 1 N–H and O–H groups in total. The van der Waals surface area contributed by atoms with E-state index < -0.39 is 0 Å². The predicted molar refractivity (Wildman–Crippen MR) is 99.9 cm³/mol. The number of anilines is 1. The number of nitrogens with one attached hydrogen (secondary N) is 1. The van der Waals surface area contributed by atoms with E-state index in [1.807, 2.05) is 18.2 Å². The van der Waals surface area contributed by atoms with Gasteiger partial charge >= 0.3 is 0 Å². The first-order chi connectivity index (χ1) is 12.6. The Bertz CT molecular complexity index is 1200. The molecule has 0 fully saturated rings. The molecule has 128 valence electrons. The molecular formula is C18H13N5O2S. The van der Waals surface area contributed by atoms with Crippen LogP contribution in [0.5, 0.6) is 0 Å². The monoisotopic (exact) mass is 363 g/mol. The Morgan fingerprint density at radius 2 is 2.00 bits per heavy atom. The molecule has 3 heterocycles. The van der Waals surface area contributed by atoms with Crippen molar-refractivity contribution in [2.75, 3.05) is 5.32 Å². The fourth-order valence-corrected chi connectivity index (χ4v) is 3.47. The van der Waals surface area contributed by atoms with Gasteiger partial charge < -0.3 is 5.32 Å². The largest absolute Gasteiger partial charge is 0.326 e. The molecule has 4 aromatic rings. The number of thiazole rings is 1. The molecule has 7 nitrogen and oxygen atoms in total. The van der Waals surface area contributed by atoms with Crippen molar-refractivity contribution in [3.05, 3.63) is 69.2 Å². The Hall–Kier alpha value is -3.39. The number of amides is 1. The predicted octanol–water partition coefficient (Wildman–Crippen LogP) is 1.72. The molecule has 0 atom stereocenters. The van der Waals surface area contributed by atoms with Gasteiger partial charge in [0.15, 0.2) is 5.82 Å². The number of carbonyl (C=O) groups is 1. The SMILES string of the molecule is CC(=O)Nc1ccc(/C=c2/sc3nnc(-c4cccnc4)n3c2=O)cc1. The highest BCUT2D eigenvalue weighted by Crippen LogP contribution is 2.16. The summed E-state index contributed by atoms with van der Waals surface area (Å²) in [6.45, 7) is 1.46. The van der Waals surface area contributed by atoms with Gasteiger partial charge in [0.05, 0.1) is 4.53 Å². The molecule has 0 bridgehead atoms. The molecule has 0 radical (unpaired) electrons. The summed E-state index contributed by atoms with van der Waals surface area (Å²) in [4.78, 5) is 28.5. The number of pyridine rings is 1. The van der Waals surface area contributed by atoms with Crippen LogP contribution in [0.15, 0.2) is 53.6 Å². The van der Waals surface area contributed by atoms with Crippen LogP contribution in [0.25, 0.3) is 22.4 Å². The minimum absolute atomic E-state index is 0.126. The van der Waals surface area contributed by atoms with Crippen LogP contribution in [0.3, 0.4) is 0 Å². The summed E-state index contributed by atoms with van der Waals surface area (Å²) in [5, 5.41) is 10.9. The summed E-state index contributed by atoms with van der Waals surface area (Å²) in [5.74, 6) is 0.355. The maximum Gasteiger partial charge on any atom is 0.276 e. The lowest BCUT2D eigenvalue weighted by Crippen LogP contribution is -2.23. The van der Waals surface area contributed by atoms with Crippen molar-refractivity contribution in [1.29, 1.82) is 0 Å². The minimum atomic E-state index is -0.167. The van der Waals surface area contributed by atoms with Crippen LogP contribution in [-0.2, 0) is 4.79 Å². The zero-order valence-corrected chi connectivity index (χ0v) is 14.5. The van der Waals surface area contributed by atoms with Crippen molar-refractivity contribution < 1.29 is 4.79 Å². The fraction of sp³-hybridized carbons (Fsp3) is 0.0556. The second-order valence-corrected chi connectivity index (χ2v) is 6.61. The highest BCUT2D eigenvalue weighted by molar-refractivity contribution is 7.15. The van der Waals surface area contributed by atoms with Gasteiger partial charge in [-0.2, -0.15) is 0 Å². The summed E-state index contributed by atoms with van der Waals surface area (Å²) >= 11 is 1.28. The molecule has 8 heteroatoms. The molecule has 0 spiro atoms. The lowest BCUT2D eigenvalue weighted by Gasteiger charge is -2.01. The van der Waals surface area contributed by atoms with E-state index in [9.17, 15) is 9.59 Å². The lowest BCUT2D eigenvalue weighted by atomic mass is 10.2. The van der Waals surface area contributed by atoms with Crippen molar-refractivity contribution >= 4 is 34.0 Å². The maximum absolute atomic E-state index is 12.8.